The molecule has 0 aromatic rings. The minimum atomic E-state index is -0.620. The third kappa shape index (κ3) is 1.62. The van der Waals surface area contributed by atoms with Crippen LogP contribution in [0.25, 0.3) is 0 Å². The summed E-state index contributed by atoms with van der Waals surface area (Å²) in [5, 5.41) is 10.3. The van der Waals surface area contributed by atoms with Crippen molar-refractivity contribution in [3.63, 3.8) is 0 Å². The first-order valence-electron chi connectivity index (χ1n) is 6.72. The second kappa shape index (κ2) is 4.04. The highest BCUT2D eigenvalue weighted by molar-refractivity contribution is 6.09. The lowest BCUT2D eigenvalue weighted by molar-refractivity contribution is -0.144. The second-order valence-electron chi connectivity index (χ2n) is 5.96. The van der Waals surface area contributed by atoms with Crippen molar-refractivity contribution in [1.82, 2.24) is 0 Å². The van der Waals surface area contributed by atoms with E-state index in [1.165, 1.54) is 0 Å². The Labute approximate surface area is 112 Å². The topological polar surface area (TPSA) is 63.6 Å². The van der Waals surface area contributed by atoms with Crippen molar-refractivity contribution in [2.24, 2.45) is 17.8 Å². The van der Waals surface area contributed by atoms with E-state index >= 15 is 0 Å². The molecule has 4 nitrogen and oxygen atoms in total. The number of allylic oxidation sites excluding steroid dienone is 1. The van der Waals surface area contributed by atoms with E-state index in [1.54, 1.807) is 13.0 Å². The molecule has 19 heavy (non-hydrogen) atoms. The van der Waals surface area contributed by atoms with E-state index in [-0.39, 0.29) is 29.5 Å². The fourth-order valence-electron chi connectivity index (χ4n) is 3.82. The quantitative estimate of drug-likeness (QED) is 0.670. The van der Waals surface area contributed by atoms with E-state index in [4.69, 9.17) is 4.74 Å². The maximum Gasteiger partial charge on any atom is 0.309 e. The van der Waals surface area contributed by atoms with Crippen LogP contribution >= 0.6 is 0 Å². The Morgan fingerprint density at radius 2 is 2.00 bits per heavy atom. The number of aliphatic hydroxyl groups excluding tert-OH is 1. The number of rotatable bonds is 0. The summed E-state index contributed by atoms with van der Waals surface area (Å²) in [6, 6.07) is 0. The molecule has 0 bridgehead atoms. The van der Waals surface area contributed by atoms with Crippen LogP contribution < -0.4 is 0 Å². The summed E-state index contributed by atoms with van der Waals surface area (Å²) in [6.07, 6.45) is 1.06. The molecule has 1 aliphatic heterocycles. The summed E-state index contributed by atoms with van der Waals surface area (Å²) in [6.45, 7) is 5.59. The van der Waals surface area contributed by atoms with Crippen molar-refractivity contribution in [2.45, 2.75) is 39.4 Å². The van der Waals surface area contributed by atoms with Gasteiger partial charge >= 0.3 is 5.97 Å². The van der Waals surface area contributed by atoms with Crippen molar-refractivity contribution in [2.75, 3.05) is 0 Å². The Kier molecular flexibility index (Phi) is 2.68. The van der Waals surface area contributed by atoms with Crippen molar-refractivity contribution in [3.05, 3.63) is 22.8 Å². The third-order valence-corrected chi connectivity index (χ3v) is 4.75. The molecule has 0 spiro atoms. The predicted octanol–water partition coefficient (Wildman–Crippen LogP) is 1.39. The Balaban J connectivity index is 2.11. The number of aliphatic hydroxyl groups is 1. The molecule has 0 aromatic carbocycles. The predicted molar refractivity (Wildman–Crippen MR) is 68.1 cm³/mol. The first-order valence-corrected chi connectivity index (χ1v) is 6.72. The van der Waals surface area contributed by atoms with Crippen LogP contribution in [0.15, 0.2) is 22.8 Å². The molecule has 4 heteroatoms. The molecule has 0 radical (unpaired) electrons. The Morgan fingerprint density at radius 1 is 1.32 bits per heavy atom. The lowest BCUT2D eigenvalue weighted by atomic mass is 9.80. The molecule has 5 atom stereocenters. The molecule has 102 valence electrons. The number of ether oxygens (including phenoxy) is 1. The highest BCUT2D eigenvalue weighted by Gasteiger charge is 2.53. The molecule has 2 aliphatic carbocycles. The zero-order valence-corrected chi connectivity index (χ0v) is 11.3. The van der Waals surface area contributed by atoms with Gasteiger partial charge in [-0.25, -0.2) is 0 Å². The number of hydrogen-bond donors (Lipinski definition) is 1. The minimum Gasteiger partial charge on any atom is -0.461 e. The van der Waals surface area contributed by atoms with Crippen molar-refractivity contribution >= 4 is 11.8 Å². The van der Waals surface area contributed by atoms with Gasteiger partial charge in [0.1, 0.15) is 6.10 Å². The van der Waals surface area contributed by atoms with Crippen LogP contribution in [0.2, 0.25) is 0 Å². The summed E-state index contributed by atoms with van der Waals surface area (Å²) in [5.41, 5.74) is 2.59. The van der Waals surface area contributed by atoms with Gasteiger partial charge in [0, 0.05) is 17.4 Å². The van der Waals surface area contributed by atoms with Gasteiger partial charge in [0.2, 0.25) is 0 Å². The summed E-state index contributed by atoms with van der Waals surface area (Å²) < 4.78 is 5.48. The largest absolute Gasteiger partial charge is 0.461 e. The summed E-state index contributed by atoms with van der Waals surface area (Å²) >= 11 is 0. The fraction of sp³-hybridized carbons (Fsp3) is 0.600. The van der Waals surface area contributed by atoms with Gasteiger partial charge in [-0.2, -0.15) is 0 Å². The van der Waals surface area contributed by atoms with Crippen LogP contribution in [0.4, 0.5) is 0 Å². The van der Waals surface area contributed by atoms with E-state index < -0.39 is 12.2 Å². The number of esters is 1. The van der Waals surface area contributed by atoms with Crippen LogP contribution in [-0.2, 0) is 14.3 Å². The normalized spacial score (nSPS) is 41.7. The first kappa shape index (κ1) is 12.6. The van der Waals surface area contributed by atoms with Crippen LogP contribution in [0.1, 0.15) is 27.2 Å². The fourth-order valence-corrected chi connectivity index (χ4v) is 3.82. The van der Waals surface area contributed by atoms with E-state index in [0.717, 1.165) is 16.7 Å². The summed E-state index contributed by atoms with van der Waals surface area (Å²) in [4.78, 5) is 23.9. The zero-order chi connectivity index (χ0) is 13.9. The molecule has 1 heterocycles. The summed E-state index contributed by atoms with van der Waals surface area (Å²) in [7, 11) is 0. The molecular weight excluding hydrogens is 244 g/mol. The highest BCUT2D eigenvalue weighted by atomic mass is 16.6. The van der Waals surface area contributed by atoms with Gasteiger partial charge in [-0.15, -0.1) is 0 Å². The van der Waals surface area contributed by atoms with Crippen molar-refractivity contribution in [3.8, 4) is 0 Å². The molecule has 1 saturated heterocycles. The highest BCUT2D eigenvalue weighted by Crippen LogP contribution is 2.47. The molecule has 1 fully saturated rings. The first-order chi connectivity index (χ1) is 8.91. The summed E-state index contributed by atoms with van der Waals surface area (Å²) in [5.74, 6) is -0.957. The van der Waals surface area contributed by atoms with Crippen molar-refractivity contribution in [1.29, 1.82) is 0 Å². The monoisotopic (exact) mass is 262 g/mol. The van der Waals surface area contributed by atoms with Crippen LogP contribution in [0.5, 0.6) is 0 Å². The van der Waals surface area contributed by atoms with Gasteiger partial charge in [0.15, 0.2) is 5.78 Å². The van der Waals surface area contributed by atoms with Gasteiger partial charge < -0.3 is 9.84 Å². The third-order valence-electron chi connectivity index (χ3n) is 4.75. The van der Waals surface area contributed by atoms with E-state index in [0.29, 0.717) is 6.42 Å². The lowest BCUT2D eigenvalue weighted by Crippen LogP contribution is -2.35. The van der Waals surface area contributed by atoms with Gasteiger partial charge in [0.05, 0.1) is 12.0 Å². The Morgan fingerprint density at radius 3 is 2.68 bits per heavy atom. The maximum atomic E-state index is 12.1. The van der Waals surface area contributed by atoms with Gasteiger partial charge in [-0.3, -0.25) is 9.59 Å². The van der Waals surface area contributed by atoms with Gasteiger partial charge in [0.25, 0.3) is 0 Å². The molecular formula is C15H18O4. The molecule has 0 aromatic heterocycles. The van der Waals surface area contributed by atoms with Crippen LogP contribution in [-0.4, -0.2) is 29.1 Å². The maximum absolute atomic E-state index is 12.1. The number of ketones is 1. The van der Waals surface area contributed by atoms with Gasteiger partial charge in [-0.1, -0.05) is 18.1 Å². The molecule has 1 N–H and O–H groups in total. The van der Waals surface area contributed by atoms with Gasteiger partial charge in [-0.05, 0) is 26.3 Å². The molecule has 3 rings (SSSR count). The lowest BCUT2D eigenvalue weighted by Gasteiger charge is -2.26. The van der Waals surface area contributed by atoms with Crippen LogP contribution in [0.3, 0.4) is 0 Å². The molecule has 0 amide bonds. The average Bonchev–Trinajstić information content (AvgIpc) is 2.72. The standard InChI is InChI=1S/C15H18O4/c1-6-4-10(17)13-8(3)15(18)19-14(13)12-7(2)5-9(16)11(6)12/h5,8,10,12-14,17H,4H2,1-3H3/t8-,10+,12+,13+,14+/m1/s1. The van der Waals surface area contributed by atoms with Crippen LogP contribution in [0, 0.1) is 17.8 Å². The average molecular weight is 262 g/mol. The van der Waals surface area contributed by atoms with E-state index in [1.807, 2.05) is 13.8 Å². The Bertz CT molecular complexity index is 528. The number of hydrogen-bond acceptors (Lipinski definition) is 4. The van der Waals surface area contributed by atoms with E-state index in [9.17, 15) is 14.7 Å². The zero-order valence-electron chi connectivity index (χ0n) is 11.3. The van der Waals surface area contributed by atoms with E-state index in [2.05, 4.69) is 0 Å². The molecule has 3 aliphatic rings. The molecule has 0 saturated carbocycles. The molecule has 0 unspecified atom stereocenters. The minimum absolute atomic E-state index is 0.00320. The number of carbonyl (C=O) groups excluding carboxylic acids is 2. The SMILES string of the molecule is CC1=CC(=O)C2=C(C)C[C@H](O)[C@H]3[C@@H](OC(=O)[C@@H]3C)[C@@H]12. The smallest absolute Gasteiger partial charge is 0.309 e. The number of fused-ring (bicyclic) bond motifs is 3. The Hall–Kier alpha value is -1.42. The van der Waals surface area contributed by atoms with Crippen molar-refractivity contribution < 1.29 is 19.4 Å². The number of carbonyl (C=O) groups is 2. The second-order valence-corrected chi connectivity index (χ2v) is 5.96.